The van der Waals surface area contributed by atoms with Crippen LogP contribution in [0.15, 0.2) is 23.6 Å². The molecular formula is C16H13F3N4O4. The molecule has 1 atom stereocenters. The molecular weight excluding hydrogens is 369 g/mol. The number of alkyl halides is 3. The summed E-state index contributed by atoms with van der Waals surface area (Å²) in [6.07, 6.45) is -4.78. The van der Waals surface area contributed by atoms with Gasteiger partial charge in [0.15, 0.2) is 11.5 Å². The van der Waals surface area contributed by atoms with E-state index >= 15 is 0 Å². The summed E-state index contributed by atoms with van der Waals surface area (Å²) in [5, 5.41) is 24.9. The summed E-state index contributed by atoms with van der Waals surface area (Å²) in [5.41, 5.74) is 4.06. The first-order chi connectivity index (χ1) is 12.7. The minimum atomic E-state index is -4.78. The molecule has 0 saturated heterocycles. The number of nitrogens with two attached hydrogens (primary N) is 1. The van der Waals surface area contributed by atoms with E-state index in [4.69, 9.17) is 19.9 Å². The van der Waals surface area contributed by atoms with Gasteiger partial charge in [-0.25, -0.2) is 0 Å². The van der Waals surface area contributed by atoms with Crippen LogP contribution < -0.4 is 19.9 Å². The quantitative estimate of drug-likeness (QED) is 0.744. The molecule has 8 nitrogen and oxygen atoms in total. The third-order valence-corrected chi connectivity index (χ3v) is 4.06. The zero-order valence-corrected chi connectivity index (χ0v) is 14.0. The molecule has 1 aromatic carbocycles. The van der Waals surface area contributed by atoms with E-state index in [0.29, 0.717) is 0 Å². The maximum absolute atomic E-state index is 13.4. The molecule has 0 spiro atoms. The largest absolute Gasteiger partial charge is 0.502 e. The Balaban J connectivity index is 2.32. The van der Waals surface area contributed by atoms with E-state index in [-0.39, 0.29) is 34.3 Å². The lowest BCUT2D eigenvalue weighted by Crippen LogP contribution is -2.23. The van der Waals surface area contributed by atoms with Crippen LogP contribution in [0.25, 0.3) is 0 Å². The van der Waals surface area contributed by atoms with Crippen molar-refractivity contribution in [1.29, 1.82) is 5.26 Å². The van der Waals surface area contributed by atoms with Crippen molar-refractivity contribution < 1.29 is 32.5 Å². The molecule has 3 rings (SSSR count). The minimum Gasteiger partial charge on any atom is -0.502 e. The highest BCUT2D eigenvalue weighted by molar-refractivity contribution is 5.61. The van der Waals surface area contributed by atoms with Crippen LogP contribution in [0.2, 0.25) is 0 Å². The number of methoxy groups -OCH3 is 2. The number of nitrogens with one attached hydrogen (secondary N) is 1. The molecule has 0 bridgehead atoms. The Labute approximate surface area is 150 Å². The van der Waals surface area contributed by atoms with Gasteiger partial charge in [-0.15, -0.1) is 5.10 Å². The van der Waals surface area contributed by atoms with Crippen molar-refractivity contribution in [3.8, 4) is 29.2 Å². The smallest absolute Gasteiger partial charge is 0.433 e. The zero-order valence-electron chi connectivity index (χ0n) is 14.0. The second-order valence-electron chi connectivity index (χ2n) is 5.51. The number of hydrogen-bond donors (Lipinski definition) is 3. The molecule has 0 radical (unpaired) electrons. The number of phenols is 1. The van der Waals surface area contributed by atoms with Crippen LogP contribution in [0.3, 0.4) is 0 Å². The number of allylic oxidation sites excluding steroid dienone is 1. The highest BCUT2D eigenvalue weighted by Crippen LogP contribution is 2.49. The molecule has 2 heterocycles. The van der Waals surface area contributed by atoms with Crippen molar-refractivity contribution in [3.63, 3.8) is 0 Å². The summed E-state index contributed by atoms with van der Waals surface area (Å²) in [6.45, 7) is 0. The topological polar surface area (TPSA) is 126 Å². The van der Waals surface area contributed by atoms with E-state index in [1.54, 1.807) is 6.07 Å². The Morgan fingerprint density at radius 3 is 2.37 bits per heavy atom. The van der Waals surface area contributed by atoms with Crippen molar-refractivity contribution >= 4 is 0 Å². The van der Waals surface area contributed by atoms with Crippen LogP contribution in [0, 0.1) is 11.3 Å². The number of fused-ring (bicyclic) bond motifs is 1. The van der Waals surface area contributed by atoms with Gasteiger partial charge in [-0.3, -0.25) is 5.10 Å². The van der Waals surface area contributed by atoms with E-state index in [1.165, 1.54) is 26.4 Å². The molecule has 27 heavy (non-hydrogen) atoms. The summed E-state index contributed by atoms with van der Waals surface area (Å²) in [4.78, 5) is 0. The Hall–Kier alpha value is -3.55. The predicted molar refractivity (Wildman–Crippen MR) is 84.1 cm³/mol. The average molecular weight is 382 g/mol. The third kappa shape index (κ3) is 2.84. The SMILES string of the molecule is COc1cc([C@H]2C(C#N)=C(N)Oc3n[nH]c(C(F)(F)F)c32)cc(OC)c1O. The molecule has 142 valence electrons. The Morgan fingerprint density at radius 2 is 1.89 bits per heavy atom. The summed E-state index contributed by atoms with van der Waals surface area (Å²) in [5.74, 6) is -2.47. The van der Waals surface area contributed by atoms with Crippen molar-refractivity contribution in [2.24, 2.45) is 5.73 Å². The number of phenolic OH excluding ortho intramolecular Hbond substituents is 1. The first kappa shape index (κ1) is 18.2. The van der Waals surface area contributed by atoms with E-state index < -0.39 is 29.2 Å². The summed E-state index contributed by atoms with van der Waals surface area (Å²) < 4.78 is 55.5. The maximum atomic E-state index is 13.4. The molecule has 1 aromatic heterocycles. The average Bonchev–Trinajstić information content (AvgIpc) is 3.04. The highest BCUT2D eigenvalue weighted by atomic mass is 19.4. The third-order valence-electron chi connectivity index (χ3n) is 4.06. The number of nitrogens with zero attached hydrogens (tertiary/aromatic N) is 2. The second kappa shape index (κ2) is 6.31. The Bertz CT molecular complexity index is 950. The van der Waals surface area contributed by atoms with Gasteiger partial charge in [-0.2, -0.15) is 18.4 Å². The van der Waals surface area contributed by atoms with Crippen LogP contribution in [0.1, 0.15) is 22.7 Å². The monoisotopic (exact) mass is 382 g/mol. The van der Waals surface area contributed by atoms with Gasteiger partial charge in [0, 0.05) is 0 Å². The fourth-order valence-electron chi connectivity index (χ4n) is 2.87. The first-order valence-electron chi connectivity index (χ1n) is 7.40. The zero-order chi connectivity index (χ0) is 19.9. The fraction of sp³-hybridized carbons (Fsp3) is 0.250. The van der Waals surface area contributed by atoms with Gasteiger partial charge in [-0.1, -0.05) is 0 Å². The molecule has 11 heteroatoms. The molecule has 1 aliphatic heterocycles. The second-order valence-corrected chi connectivity index (χ2v) is 5.51. The molecule has 0 fully saturated rings. The standard InChI is InChI=1S/C16H13F3N4O4/c1-25-8-3-6(4-9(26-2)12(8)24)10-7(5-20)14(21)27-15-11(10)13(22-23-15)16(17,18)19/h3-4,10,24H,21H2,1-2H3,(H,22,23)/t10-/m0/s1. The number of benzene rings is 1. The lowest BCUT2D eigenvalue weighted by Gasteiger charge is -2.25. The lowest BCUT2D eigenvalue weighted by molar-refractivity contribution is -0.141. The van der Waals surface area contributed by atoms with E-state index in [1.807, 2.05) is 5.10 Å². The van der Waals surface area contributed by atoms with Gasteiger partial charge >= 0.3 is 6.18 Å². The van der Waals surface area contributed by atoms with E-state index in [2.05, 4.69) is 5.10 Å². The number of aromatic hydroxyl groups is 1. The van der Waals surface area contributed by atoms with Crippen LogP contribution in [-0.4, -0.2) is 29.5 Å². The predicted octanol–water partition coefficient (Wildman–Crippen LogP) is 2.37. The van der Waals surface area contributed by atoms with Crippen LogP contribution in [0.5, 0.6) is 23.1 Å². The molecule has 2 aromatic rings. The van der Waals surface area contributed by atoms with Gasteiger partial charge in [0.25, 0.3) is 0 Å². The molecule has 0 aliphatic carbocycles. The van der Waals surface area contributed by atoms with Gasteiger partial charge in [-0.05, 0) is 17.7 Å². The summed E-state index contributed by atoms with van der Waals surface area (Å²) >= 11 is 0. The number of H-pyrrole nitrogens is 1. The number of aromatic amines is 1. The maximum Gasteiger partial charge on any atom is 0.433 e. The number of ether oxygens (including phenoxy) is 3. The van der Waals surface area contributed by atoms with Gasteiger partial charge in [0.1, 0.15) is 17.3 Å². The van der Waals surface area contributed by atoms with E-state index in [9.17, 15) is 23.5 Å². The van der Waals surface area contributed by atoms with Crippen molar-refractivity contribution in [1.82, 2.24) is 10.2 Å². The molecule has 0 amide bonds. The summed E-state index contributed by atoms with van der Waals surface area (Å²) in [7, 11) is 2.53. The normalized spacial score (nSPS) is 16.4. The number of halogens is 3. The van der Waals surface area contributed by atoms with Crippen molar-refractivity contribution in [3.05, 3.63) is 40.4 Å². The lowest BCUT2D eigenvalue weighted by atomic mass is 9.83. The Kier molecular flexibility index (Phi) is 4.27. The summed E-state index contributed by atoms with van der Waals surface area (Å²) in [6, 6.07) is 4.35. The molecule has 0 unspecified atom stereocenters. The minimum absolute atomic E-state index is 0.0506. The Morgan fingerprint density at radius 1 is 1.30 bits per heavy atom. The van der Waals surface area contributed by atoms with Crippen LogP contribution in [-0.2, 0) is 6.18 Å². The van der Waals surface area contributed by atoms with E-state index in [0.717, 1.165) is 0 Å². The number of rotatable bonds is 3. The van der Waals surface area contributed by atoms with Crippen molar-refractivity contribution in [2.45, 2.75) is 12.1 Å². The fourth-order valence-corrected chi connectivity index (χ4v) is 2.87. The number of nitriles is 1. The van der Waals surface area contributed by atoms with Crippen molar-refractivity contribution in [2.75, 3.05) is 14.2 Å². The highest BCUT2D eigenvalue weighted by Gasteiger charge is 2.44. The van der Waals surface area contributed by atoms with Gasteiger partial charge in [0.05, 0.1) is 25.7 Å². The number of aromatic nitrogens is 2. The van der Waals surface area contributed by atoms with Gasteiger partial charge < -0.3 is 25.1 Å². The molecule has 1 aliphatic rings. The van der Waals surface area contributed by atoms with Crippen LogP contribution >= 0.6 is 0 Å². The van der Waals surface area contributed by atoms with Crippen LogP contribution in [0.4, 0.5) is 13.2 Å². The van der Waals surface area contributed by atoms with Gasteiger partial charge in [0.2, 0.25) is 17.5 Å². The number of hydrogen-bond acceptors (Lipinski definition) is 7. The molecule has 0 saturated carbocycles. The molecule has 4 N–H and O–H groups in total. The first-order valence-corrected chi connectivity index (χ1v) is 7.40.